The number of nitrogens with one attached hydrogen (secondary N) is 1. The lowest BCUT2D eigenvalue weighted by Gasteiger charge is -2.14. The molecule has 0 bridgehead atoms. The van der Waals surface area contributed by atoms with Gasteiger partial charge in [0.25, 0.3) is 11.8 Å². The zero-order valence-corrected chi connectivity index (χ0v) is 10.9. The largest absolute Gasteiger partial charge is 0.474 e. The Bertz CT molecular complexity index is 568. The predicted octanol–water partition coefficient (Wildman–Crippen LogP) is 1.77. The molecule has 1 aromatic carbocycles. The van der Waals surface area contributed by atoms with Crippen LogP contribution in [-0.2, 0) is 0 Å². The van der Waals surface area contributed by atoms with Crippen LogP contribution in [0.25, 0.3) is 11.0 Å². The Labute approximate surface area is 112 Å². The van der Waals surface area contributed by atoms with E-state index in [4.69, 9.17) is 9.47 Å². The van der Waals surface area contributed by atoms with Crippen LogP contribution < -0.4 is 14.8 Å². The molecule has 1 atom stereocenters. The highest BCUT2D eigenvalue weighted by Gasteiger charge is 2.20. The first-order valence-corrected chi connectivity index (χ1v) is 6.64. The maximum absolute atomic E-state index is 5.91. The Morgan fingerprint density at radius 2 is 1.95 bits per heavy atom. The Morgan fingerprint density at radius 1 is 1.21 bits per heavy atom. The summed E-state index contributed by atoms with van der Waals surface area (Å²) in [6, 6.07) is 7.73. The summed E-state index contributed by atoms with van der Waals surface area (Å²) in [6.07, 6.45) is 1.13. The highest BCUT2D eigenvalue weighted by Crippen LogP contribution is 2.27. The summed E-state index contributed by atoms with van der Waals surface area (Å²) < 4.78 is 11.4. The minimum atomic E-state index is 0.148. The number of para-hydroxylation sites is 2. The number of fused-ring (bicyclic) bond motifs is 1. The molecule has 0 spiro atoms. The van der Waals surface area contributed by atoms with E-state index in [2.05, 4.69) is 15.3 Å². The van der Waals surface area contributed by atoms with Gasteiger partial charge in [0.05, 0.1) is 17.6 Å². The van der Waals surface area contributed by atoms with Crippen LogP contribution in [-0.4, -0.2) is 35.8 Å². The Morgan fingerprint density at radius 3 is 2.58 bits per heavy atom. The van der Waals surface area contributed by atoms with E-state index in [1.165, 1.54) is 0 Å². The second-order valence-electron chi connectivity index (χ2n) is 4.49. The van der Waals surface area contributed by atoms with Crippen LogP contribution in [0, 0.1) is 0 Å². The molecule has 2 heterocycles. The maximum atomic E-state index is 5.91. The second kappa shape index (κ2) is 5.40. The molecule has 3 rings (SSSR count). The summed E-state index contributed by atoms with van der Waals surface area (Å²) in [4.78, 5) is 9.00. The van der Waals surface area contributed by atoms with Crippen molar-refractivity contribution in [1.29, 1.82) is 0 Å². The molecule has 2 aromatic rings. The van der Waals surface area contributed by atoms with E-state index < -0.39 is 0 Å². The molecular weight excluding hydrogens is 242 g/mol. The summed E-state index contributed by atoms with van der Waals surface area (Å²) >= 11 is 0. The first kappa shape index (κ1) is 12.2. The average Bonchev–Trinajstić information content (AvgIpc) is 2.93. The minimum Gasteiger partial charge on any atom is -0.474 e. The second-order valence-corrected chi connectivity index (χ2v) is 4.49. The normalized spacial score (nSPS) is 18.7. The van der Waals surface area contributed by atoms with Gasteiger partial charge in [-0.25, -0.2) is 9.97 Å². The van der Waals surface area contributed by atoms with E-state index >= 15 is 0 Å². The monoisotopic (exact) mass is 259 g/mol. The van der Waals surface area contributed by atoms with Crippen molar-refractivity contribution in [2.24, 2.45) is 0 Å². The number of aromatic nitrogens is 2. The van der Waals surface area contributed by atoms with Crippen molar-refractivity contribution in [2.75, 3.05) is 19.7 Å². The Balaban J connectivity index is 1.96. The van der Waals surface area contributed by atoms with Gasteiger partial charge in [0.2, 0.25) is 0 Å². The zero-order chi connectivity index (χ0) is 13.1. The molecule has 5 heteroatoms. The smallest absolute Gasteiger partial charge is 0.279 e. The molecule has 1 saturated heterocycles. The number of hydrogen-bond acceptors (Lipinski definition) is 5. The van der Waals surface area contributed by atoms with E-state index in [1.54, 1.807) is 0 Å². The number of rotatable bonds is 4. The van der Waals surface area contributed by atoms with Crippen LogP contribution in [0.2, 0.25) is 0 Å². The standard InChI is InChI=1S/C14H17N3O2/c1-2-18-13-14(19-10-7-8-15-9-10)17-12-6-4-3-5-11(12)16-13/h3-6,10,15H,2,7-9H2,1H3/t10-/m1/s1. The predicted molar refractivity (Wildman–Crippen MR) is 72.6 cm³/mol. The highest BCUT2D eigenvalue weighted by molar-refractivity contribution is 5.75. The summed E-state index contributed by atoms with van der Waals surface area (Å²) in [7, 11) is 0. The molecule has 0 saturated carbocycles. The van der Waals surface area contributed by atoms with Gasteiger partial charge in [0, 0.05) is 6.54 Å². The molecule has 1 aromatic heterocycles. The van der Waals surface area contributed by atoms with Gasteiger partial charge in [-0.3, -0.25) is 0 Å². The third kappa shape index (κ3) is 2.61. The number of ether oxygens (including phenoxy) is 2. The summed E-state index contributed by atoms with van der Waals surface area (Å²) in [5.41, 5.74) is 1.65. The maximum Gasteiger partial charge on any atom is 0.279 e. The van der Waals surface area contributed by atoms with Gasteiger partial charge in [0.15, 0.2) is 0 Å². The summed E-state index contributed by atoms with van der Waals surface area (Å²) in [5.74, 6) is 0.974. The molecular formula is C14H17N3O2. The topological polar surface area (TPSA) is 56.3 Å². The van der Waals surface area contributed by atoms with E-state index in [9.17, 15) is 0 Å². The fourth-order valence-corrected chi connectivity index (χ4v) is 2.16. The van der Waals surface area contributed by atoms with Gasteiger partial charge in [-0.2, -0.15) is 0 Å². The third-order valence-corrected chi connectivity index (χ3v) is 3.08. The molecule has 0 radical (unpaired) electrons. The minimum absolute atomic E-state index is 0.148. The molecule has 1 fully saturated rings. The van der Waals surface area contributed by atoms with Gasteiger partial charge in [0.1, 0.15) is 6.10 Å². The van der Waals surface area contributed by atoms with Crippen LogP contribution in [0.4, 0.5) is 0 Å². The van der Waals surface area contributed by atoms with E-state index in [-0.39, 0.29) is 6.10 Å². The Kier molecular flexibility index (Phi) is 3.46. The van der Waals surface area contributed by atoms with Crippen molar-refractivity contribution in [3.05, 3.63) is 24.3 Å². The molecule has 0 aliphatic carbocycles. The average molecular weight is 259 g/mol. The van der Waals surface area contributed by atoms with Crippen molar-refractivity contribution in [1.82, 2.24) is 15.3 Å². The lowest BCUT2D eigenvalue weighted by atomic mass is 10.3. The number of benzene rings is 1. The van der Waals surface area contributed by atoms with Crippen LogP contribution in [0.1, 0.15) is 13.3 Å². The van der Waals surface area contributed by atoms with Gasteiger partial charge >= 0.3 is 0 Å². The molecule has 1 aliphatic rings. The van der Waals surface area contributed by atoms with Crippen LogP contribution >= 0.6 is 0 Å². The summed E-state index contributed by atoms with van der Waals surface area (Å²) in [6.45, 7) is 4.31. The first-order chi connectivity index (χ1) is 9.36. The van der Waals surface area contributed by atoms with Crippen molar-refractivity contribution >= 4 is 11.0 Å². The van der Waals surface area contributed by atoms with E-state index in [0.29, 0.717) is 18.4 Å². The van der Waals surface area contributed by atoms with Crippen LogP contribution in [0.15, 0.2) is 24.3 Å². The fourth-order valence-electron chi connectivity index (χ4n) is 2.16. The van der Waals surface area contributed by atoms with Crippen molar-refractivity contribution in [3.8, 4) is 11.8 Å². The highest BCUT2D eigenvalue weighted by atomic mass is 16.5. The van der Waals surface area contributed by atoms with Gasteiger partial charge < -0.3 is 14.8 Å². The molecule has 100 valence electrons. The molecule has 19 heavy (non-hydrogen) atoms. The Hall–Kier alpha value is -1.88. The van der Waals surface area contributed by atoms with Gasteiger partial charge in [-0.05, 0) is 32.0 Å². The first-order valence-electron chi connectivity index (χ1n) is 6.64. The quantitative estimate of drug-likeness (QED) is 0.907. The lowest BCUT2D eigenvalue weighted by Crippen LogP contribution is -2.20. The van der Waals surface area contributed by atoms with Crippen molar-refractivity contribution in [2.45, 2.75) is 19.4 Å². The molecule has 1 N–H and O–H groups in total. The van der Waals surface area contributed by atoms with E-state index in [0.717, 1.165) is 30.5 Å². The fraction of sp³-hybridized carbons (Fsp3) is 0.429. The zero-order valence-electron chi connectivity index (χ0n) is 10.9. The third-order valence-electron chi connectivity index (χ3n) is 3.08. The molecule has 0 amide bonds. The number of nitrogens with zero attached hydrogens (tertiary/aromatic N) is 2. The van der Waals surface area contributed by atoms with E-state index in [1.807, 2.05) is 31.2 Å². The van der Waals surface area contributed by atoms with Crippen LogP contribution in [0.3, 0.4) is 0 Å². The molecule has 0 unspecified atom stereocenters. The lowest BCUT2D eigenvalue weighted by molar-refractivity contribution is 0.196. The summed E-state index contributed by atoms with van der Waals surface area (Å²) in [5, 5.41) is 3.27. The molecule has 5 nitrogen and oxygen atoms in total. The SMILES string of the molecule is CCOc1nc2ccccc2nc1O[C@@H]1CCNC1. The van der Waals surface area contributed by atoms with Crippen molar-refractivity contribution in [3.63, 3.8) is 0 Å². The van der Waals surface area contributed by atoms with Gasteiger partial charge in [-0.1, -0.05) is 12.1 Å². The molecule has 1 aliphatic heterocycles. The number of hydrogen-bond donors (Lipinski definition) is 1. The van der Waals surface area contributed by atoms with Gasteiger partial charge in [-0.15, -0.1) is 0 Å². The van der Waals surface area contributed by atoms with Crippen LogP contribution in [0.5, 0.6) is 11.8 Å². The van der Waals surface area contributed by atoms with Crippen molar-refractivity contribution < 1.29 is 9.47 Å².